The van der Waals surface area contributed by atoms with Crippen LogP contribution in [0.3, 0.4) is 0 Å². The Hall–Kier alpha value is -3.80. The summed E-state index contributed by atoms with van der Waals surface area (Å²) < 4.78 is 17.1. The maximum atomic E-state index is 13.5. The highest BCUT2D eigenvalue weighted by Gasteiger charge is 2.44. The monoisotopic (exact) mass is 590 g/mol. The summed E-state index contributed by atoms with van der Waals surface area (Å²) in [7, 11) is 0. The molecule has 3 aromatic rings. The Morgan fingerprint density at radius 1 is 1.00 bits per heavy atom. The Kier molecular flexibility index (Phi) is 8.78. The lowest BCUT2D eigenvalue weighted by molar-refractivity contribution is -0.120. The molecule has 6 rings (SSSR count). The van der Waals surface area contributed by atoms with E-state index in [0.717, 1.165) is 36.8 Å². The highest BCUT2D eigenvalue weighted by Crippen LogP contribution is 2.30. The summed E-state index contributed by atoms with van der Waals surface area (Å²) in [6, 6.07) is 16.1. The molecule has 2 aliphatic heterocycles. The van der Waals surface area contributed by atoms with Crippen molar-refractivity contribution in [3.8, 4) is 11.3 Å². The van der Waals surface area contributed by atoms with E-state index in [0.29, 0.717) is 48.0 Å². The molecule has 0 radical (unpaired) electrons. The lowest BCUT2D eigenvalue weighted by Gasteiger charge is -2.30. The fourth-order valence-corrected chi connectivity index (χ4v) is 5.92. The number of nitrogens with one attached hydrogen (secondary N) is 2. The van der Waals surface area contributed by atoms with Gasteiger partial charge in [0.25, 0.3) is 11.8 Å². The van der Waals surface area contributed by atoms with Crippen molar-refractivity contribution in [1.29, 1.82) is 0 Å². The molecule has 10 nitrogen and oxygen atoms in total. The SMILES string of the molecule is O=C(NC1CC1)c1ccc(-c2csc(NC(=O)C3COC(CC4CCOCC4)N3C(=O)OCc3ccccc3)n2)cc1. The van der Waals surface area contributed by atoms with Gasteiger partial charge in [-0.05, 0) is 55.7 Å². The number of thiazole rings is 1. The number of carbonyl (C=O) groups is 3. The van der Waals surface area contributed by atoms with Crippen LogP contribution >= 0.6 is 11.3 Å². The number of benzene rings is 2. The molecule has 220 valence electrons. The third-order valence-corrected chi connectivity index (χ3v) is 8.53. The van der Waals surface area contributed by atoms with Gasteiger partial charge in [-0.2, -0.15) is 0 Å². The standard InChI is InChI=1S/C31H34N4O6S/c36-28(32-24-10-11-24)23-8-6-22(7-9-23)25-19-42-30(33-25)34-29(37)26-18-40-27(16-20-12-14-39-15-13-20)35(26)31(38)41-17-21-4-2-1-3-5-21/h1-9,19-20,24,26-27H,10-18H2,(H,32,36)(H,33,34,37). The van der Waals surface area contributed by atoms with Gasteiger partial charge in [-0.1, -0.05) is 42.5 Å². The van der Waals surface area contributed by atoms with Crippen LogP contribution in [0.2, 0.25) is 0 Å². The molecule has 2 saturated heterocycles. The summed E-state index contributed by atoms with van der Waals surface area (Å²) in [5.74, 6) is -0.118. The molecule has 2 aromatic carbocycles. The second-order valence-corrected chi connectivity index (χ2v) is 11.8. The van der Waals surface area contributed by atoms with E-state index in [1.165, 1.54) is 16.2 Å². The molecule has 0 spiro atoms. The van der Waals surface area contributed by atoms with Gasteiger partial charge < -0.3 is 24.8 Å². The van der Waals surface area contributed by atoms with Crippen LogP contribution in [-0.2, 0) is 25.6 Å². The first-order valence-electron chi connectivity index (χ1n) is 14.4. The average molecular weight is 591 g/mol. The van der Waals surface area contributed by atoms with Gasteiger partial charge in [-0.25, -0.2) is 9.78 Å². The van der Waals surface area contributed by atoms with E-state index in [1.54, 1.807) is 12.1 Å². The third-order valence-electron chi connectivity index (χ3n) is 7.78. The molecule has 2 N–H and O–H groups in total. The molecule has 2 atom stereocenters. The minimum absolute atomic E-state index is 0.0722. The zero-order chi connectivity index (χ0) is 28.9. The highest BCUT2D eigenvalue weighted by atomic mass is 32.1. The van der Waals surface area contributed by atoms with E-state index in [4.69, 9.17) is 14.2 Å². The van der Waals surface area contributed by atoms with Crippen LogP contribution < -0.4 is 10.6 Å². The first kappa shape index (κ1) is 28.3. The van der Waals surface area contributed by atoms with Crippen LogP contribution in [0, 0.1) is 5.92 Å². The van der Waals surface area contributed by atoms with Crippen molar-refractivity contribution in [1.82, 2.24) is 15.2 Å². The van der Waals surface area contributed by atoms with Gasteiger partial charge in [0.1, 0.15) is 18.9 Å². The van der Waals surface area contributed by atoms with E-state index < -0.39 is 18.4 Å². The fourth-order valence-electron chi connectivity index (χ4n) is 5.19. The van der Waals surface area contributed by atoms with Gasteiger partial charge in [0.15, 0.2) is 5.13 Å². The molecule has 1 aromatic heterocycles. The summed E-state index contributed by atoms with van der Waals surface area (Å²) in [6.45, 7) is 1.54. The number of rotatable bonds is 9. The van der Waals surface area contributed by atoms with Gasteiger partial charge in [0.05, 0.1) is 12.3 Å². The summed E-state index contributed by atoms with van der Waals surface area (Å²) >= 11 is 1.29. The topological polar surface area (TPSA) is 119 Å². The number of hydrogen-bond acceptors (Lipinski definition) is 8. The molecular weight excluding hydrogens is 556 g/mol. The maximum absolute atomic E-state index is 13.5. The molecule has 1 saturated carbocycles. The number of aromatic nitrogens is 1. The molecule has 3 aliphatic rings. The largest absolute Gasteiger partial charge is 0.444 e. The van der Waals surface area contributed by atoms with Crippen LogP contribution in [0.25, 0.3) is 11.3 Å². The first-order chi connectivity index (χ1) is 20.5. The van der Waals surface area contributed by atoms with E-state index >= 15 is 0 Å². The van der Waals surface area contributed by atoms with Crippen LogP contribution in [0.1, 0.15) is 48.0 Å². The Bertz CT molecular complexity index is 1390. The smallest absolute Gasteiger partial charge is 0.412 e. The second-order valence-electron chi connectivity index (χ2n) is 10.9. The van der Waals surface area contributed by atoms with Gasteiger partial charge in [-0.15, -0.1) is 11.3 Å². The Morgan fingerprint density at radius 2 is 1.76 bits per heavy atom. The first-order valence-corrected chi connectivity index (χ1v) is 15.3. The maximum Gasteiger partial charge on any atom is 0.412 e. The van der Waals surface area contributed by atoms with Crippen molar-refractivity contribution >= 4 is 34.4 Å². The molecular formula is C31H34N4O6S. The average Bonchev–Trinajstić information content (AvgIpc) is 3.54. The Labute approximate surface area is 248 Å². The molecule has 1 aliphatic carbocycles. The lowest BCUT2D eigenvalue weighted by Crippen LogP contribution is -2.48. The molecule has 3 heterocycles. The Morgan fingerprint density at radius 3 is 2.50 bits per heavy atom. The summed E-state index contributed by atoms with van der Waals surface area (Å²) in [6.07, 6.45) is 3.31. The van der Waals surface area contributed by atoms with Crippen molar-refractivity contribution < 1.29 is 28.6 Å². The predicted octanol–water partition coefficient (Wildman–Crippen LogP) is 4.82. The van der Waals surface area contributed by atoms with E-state index in [1.807, 2.05) is 47.8 Å². The van der Waals surface area contributed by atoms with Crippen LogP contribution in [0.5, 0.6) is 0 Å². The lowest BCUT2D eigenvalue weighted by atomic mass is 9.95. The number of amides is 3. The number of nitrogens with zero attached hydrogens (tertiary/aromatic N) is 2. The van der Waals surface area contributed by atoms with Gasteiger partial charge >= 0.3 is 6.09 Å². The molecule has 2 unspecified atom stereocenters. The Balaban J connectivity index is 1.11. The third kappa shape index (κ3) is 6.97. The minimum Gasteiger partial charge on any atom is -0.444 e. The van der Waals surface area contributed by atoms with Crippen molar-refractivity contribution in [2.24, 2.45) is 5.92 Å². The fraction of sp³-hybridized carbons (Fsp3) is 0.419. The van der Waals surface area contributed by atoms with Gasteiger partial charge in [-0.3, -0.25) is 14.5 Å². The number of anilines is 1. The van der Waals surface area contributed by atoms with Crippen LogP contribution in [0.4, 0.5) is 9.93 Å². The number of carbonyl (C=O) groups excluding carboxylic acids is 3. The van der Waals surface area contributed by atoms with Crippen molar-refractivity contribution in [2.75, 3.05) is 25.1 Å². The molecule has 3 fully saturated rings. The van der Waals surface area contributed by atoms with Crippen LogP contribution in [0.15, 0.2) is 60.0 Å². The molecule has 3 amide bonds. The quantitative estimate of drug-likeness (QED) is 0.367. The van der Waals surface area contributed by atoms with E-state index in [2.05, 4.69) is 15.6 Å². The number of ether oxygens (including phenoxy) is 3. The minimum atomic E-state index is -0.852. The number of hydrogen-bond donors (Lipinski definition) is 2. The van der Waals surface area contributed by atoms with Gasteiger partial charge in [0, 0.05) is 35.8 Å². The van der Waals surface area contributed by atoms with E-state index in [9.17, 15) is 14.4 Å². The van der Waals surface area contributed by atoms with Crippen molar-refractivity contribution in [2.45, 2.75) is 57.0 Å². The predicted molar refractivity (Wildman–Crippen MR) is 157 cm³/mol. The van der Waals surface area contributed by atoms with E-state index in [-0.39, 0.29) is 25.0 Å². The summed E-state index contributed by atoms with van der Waals surface area (Å²) in [5.41, 5.74) is 2.98. The highest BCUT2D eigenvalue weighted by molar-refractivity contribution is 7.14. The van der Waals surface area contributed by atoms with Crippen LogP contribution in [-0.4, -0.2) is 65.9 Å². The zero-order valence-corrected chi connectivity index (χ0v) is 24.0. The normalized spacial score (nSPS) is 20.7. The molecule has 42 heavy (non-hydrogen) atoms. The van der Waals surface area contributed by atoms with Gasteiger partial charge in [0.2, 0.25) is 0 Å². The summed E-state index contributed by atoms with van der Waals surface area (Å²) in [4.78, 5) is 45.1. The molecule has 0 bridgehead atoms. The summed E-state index contributed by atoms with van der Waals surface area (Å²) in [5, 5.41) is 8.11. The second kappa shape index (κ2) is 13.0. The zero-order valence-electron chi connectivity index (χ0n) is 23.2. The van der Waals surface area contributed by atoms with Crippen molar-refractivity contribution in [3.05, 3.63) is 71.1 Å². The van der Waals surface area contributed by atoms with Crippen molar-refractivity contribution in [3.63, 3.8) is 0 Å². The molecule has 11 heteroatoms.